The Bertz CT molecular complexity index is 619. The molecule has 1 aliphatic rings. The summed E-state index contributed by atoms with van der Waals surface area (Å²) in [6.45, 7) is 3.56. The Morgan fingerprint density at radius 1 is 1.15 bits per heavy atom. The maximum absolute atomic E-state index is 12.3. The fourth-order valence-electron chi connectivity index (χ4n) is 2.86. The lowest BCUT2D eigenvalue weighted by atomic mass is 9.99. The average Bonchev–Trinajstić information content (AvgIpc) is 2.48. The predicted molar refractivity (Wildman–Crippen MR) is 82.5 cm³/mol. The van der Waals surface area contributed by atoms with Crippen molar-refractivity contribution in [2.75, 3.05) is 18.0 Å². The van der Waals surface area contributed by atoms with Crippen LogP contribution in [0.4, 0.5) is 5.69 Å². The second-order valence-electron chi connectivity index (χ2n) is 5.45. The van der Waals surface area contributed by atoms with E-state index in [1.807, 2.05) is 30.3 Å². The van der Waals surface area contributed by atoms with Gasteiger partial charge < -0.3 is 4.90 Å². The Hall–Kier alpha value is -2.09. The van der Waals surface area contributed by atoms with E-state index < -0.39 is 0 Å². The molecular weight excluding hydrogens is 246 g/mol. The maximum atomic E-state index is 12.3. The monoisotopic (exact) mass is 265 g/mol. The van der Waals surface area contributed by atoms with Gasteiger partial charge in [0.25, 0.3) is 0 Å². The van der Waals surface area contributed by atoms with Crippen molar-refractivity contribution in [2.45, 2.75) is 19.8 Å². The van der Waals surface area contributed by atoms with Gasteiger partial charge in [0.2, 0.25) is 0 Å². The van der Waals surface area contributed by atoms with Crippen molar-refractivity contribution >= 4 is 11.5 Å². The van der Waals surface area contributed by atoms with Crippen LogP contribution in [0.3, 0.4) is 0 Å². The molecule has 2 heteroatoms. The molecule has 0 bridgehead atoms. The van der Waals surface area contributed by atoms with Crippen LogP contribution >= 0.6 is 0 Å². The summed E-state index contributed by atoms with van der Waals surface area (Å²) in [6.07, 6.45) is 2.24. The van der Waals surface area contributed by atoms with E-state index in [0.717, 1.165) is 24.9 Å². The highest BCUT2D eigenvalue weighted by atomic mass is 16.1. The van der Waals surface area contributed by atoms with E-state index in [1.165, 1.54) is 16.8 Å². The van der Waals surface area contributed by atoms with E-state index in [0.29, 0.717) is 6.54 Å². The van der Waals surface area contributed by atoms with Crippen molar-refractivity contribution in [1.82, 2.24) is 0 Å². The van der Waals surface area contributed by atoms with Crippen LogP contribution in [0.2, 0.25) is 0 Å². The standard InChI is InChI=1S/C18H19NO/c1-14-9-10-17-16(12-14)8-5-11-19(17)13-18(20)15-6-3-2-4-7-15/h2-4,6-7,9-10,12H,5,8,11,13H2,1H3. The number of hydrogen-bond acceptors (Lipinski definition) is 2. The van der Waals surface area contributed by atoms with E-state index in [2.05, 4.69) is 30.0 Å². The van der Waals surface area contributed by atoms with Gasteiger partial charge in [-0.05, 0) is 31.4 Å². The number of hydrogen-bond donors (Lipinski definition) is 0. The third kappa shape index (κ3) is 2.60. The number of fused-ring (bicyclic) bond motifs is 1. The highest BCUT2D eigenvalue weighted by molar-refractivity contribution is 5.99. The van der Waals surface area contributed by atoms with Gasteiger partial charge in [0.15, 0.2) is 5.78 Å². The molecule has 0 N–H and O–H groups in total. The number of benzene rings is 2. The van der Waals surface area contributed by atoms with Crippen LogP contribution in [0.1, 0.15) is 27.9 Å². The molecule has 0 fully saturated rings. The largest absolute Gasteiger partial charge is 0.364 e. The second kappa shape index (κ2) is 5.49. The van der Waals surface area contributed by atoms with Crippen LogP contribution in [0.5, 0.6) is 0 Å². The van der Waals surface area contributed by atoms with Crippen LogP contribution in [0.25, 0.3) is 0 Å². The first-order valence-electron chi connectivity index (χ1n) is 7.17. The summed E-state index contributed by atoms with van der Waals surface area (Å²) in [4.78, 5) is 14.6. The molecule has 0 saturated carbocycles. The lowest BCUT2D eigenvalue weighted by Gasteiger charge is -2.31. The number of nitrogens with zero attached hydrogens (tertiary/aromatic N) is 1. The third-order valence-electron chi connectivity index (χ3n) is 3.88. The average molecular weight is 265 g/mol. The molecule has 0 saturated heterocycles. The van der Waals surface area contributed by atoms with E-state index in [4.69, 9.17) is 0 Å². The minimum Gasteiger partial charge on any atom is -0.364 e. The van der Waals surface area contributed by atoms with Crippen molar-refractivity contribution in [3.05, 3.63) is 65.2 Å². The number of aryl methyl sites for hydroxylation is 2. The first-order chi connectivity index (χ1) is 9.74. The van der Waals surface area contributed by atoms with Gasteiger partial charge in [0.05, 0.1) is 6.54 Å². The second-order valence-corrected chi connectivity index (χ2v) is 5.45. The van der Waals surface area contributed by atoms with Gasteiger partial charge in [0, 0.05) is 17.8 Å². The molecule has 2 aromatic rings. The number of rotatable bonds is 3. The molecule has 0 aliphatic carbocycles. The molecule has 20 heavy (non-hydrogen) atoms. The normalized spacial score (nSPS) is 13.9. The summed E-state index contributed by atoms with van der Waals surface area (Å²) in [7, 11) is 0. The molecule has 0 aromatic heterocycles. The minimum absolute atomic E-state index is 0.194. The van der Waals surface area contributed by atoms with Crippen molar-refractivity contribution in [3.63, 3.8) is 0 Å². The summed E-state index contributed by atoms with van der Waals surface area (Å²) >= 11 is 0. The van der Waals surface area contributed by atoms with Crippen LogP contribution in [0, 0.1) is 6.92 Å². The first-order valence-corrected chi connectivity index (χ1v) is 7.17. The summed E-state index contributed by atoms with van der Waals surface area (Å²) < 4.78 is 0. The fourth-order valence-corrected chi connectivity index (χ4v) is 2.86. The molecule has 0 radical (unpaired) electrons. The minimum atomic E-state index is 0.194. The number of carbonyl (C=O) groups excluding carboxylic acids is 1. The van der Waals surface area contributed by atoms with Crippen molar-refractivity contribution in [3.8, 4) is 0 Å². The fraction of sp³-hybridized carbons (Fsp3) is 0.278. The molecule has 1 aliphatic heterocycles. The van der Waals surface area contributed by atoms with Gasteiger partial charge in [-0.2, -0.15) is 0 Å². The number of Topliss-reactive ketones (excluding diaryl/α,β-unsaturated/α-hetero) is 1. The van der Waals surface area contributed by atoms with Crippen LogP contribution in [-0.2, 0) is 6.42 Å². The molecule has 0 spiro atoms. The topological polar surface area (TPSA) is 20.3 Å². The Morgan fingerprint density at radius 2 is 1.95 bits per heavy atom. The first kappa shape index (κ1) is 12.9. The summed E-state index contributed by atoms with van der Waals surface area (Å²) in [6, 6.07) is 16.1. The van der Waals surface area contributed by atoms with Gasteiger partial charge in [-0.1, -0.05) is 48.0 Å². The molecule has 2 aromatic carbocycles. The lowest BCUT2D eigenvalue weighted by Crippen LogP contribution is -2.34. The van der Waals surface area contributed by atoms with Crippen molar-refractivity contribution in [1.29, 1.82) is 0 Å². The van der Waals surface area contributed by atoms with Crippen LogP contribution < -0.4 is 4.90 Å². The summed E-state index contributed by atoms with van der Waals surface area (Å²) in [5, 5.41) is 0. The zero-order valence-electron chi connectivity index (χ0n) is 11.8. The molecular formula is C18H19NO. The van der Waals surface area contributed by atoms with E-state index in [-0.39, 0.29) is 5.78 Å². The smallest absolute Gasteiger partial charge is 0.182 e. The molecule has 0 unspecified atom stereocenters. The van der Waals surface area contributed by atoms with Gasteiger partial charge in [-0.3, -0.25) is 4.79 Å². The molecule has 2 nitrogen and oxygen atoms in total. The Morgan fingerprint density at radius 3 is 2.75 bits per heavy atom. The number of anilines is 1. The summed E-state index contributed by atoms with van der Waals surface area (Å²) in [5.41, 5.74) is 4.69. The SMILES string of the molecule is Cc1ccc2c(c1)CCCN2CC(=O)c1ccccc1. The molecule has 3 rings (SSSR count). The molecule has 0 amide bonds. The van der Waals surface area contributed by atoms with E-state index in [1.54, 1.807) is 0 Å². The zero-order chi connectivity index (χ0) is 13.9. The van der Waals surface area contributed by atoms with E-state index >= 15 is 0 Å². The van der Waals surface area contributed by atoms with Crippen LogP contribution in [0.15, 0.2) is 48.5 Å². The maximum Gasteiger partial charge on any atom is 0.182 e. The van der Waals surface area contributed by atoms with Crippen LogP contribution in [-0.4, -0.2) is 18.9 Å². The van der Waals surface area contributed by atoms with E-state index in [9.17, 15) is 4.79 Å². The molecule has 1 heterocycles. The lowest BCUT2D eigenvalue weighted by molar-refractivity contribution is 0.0998. The zero-order valence-corrected chi connectivity index (χ0v) is 11.8. The number of ketones is 1. The van der Waals surface area contributed by atoms with Gasteiger partial charge in [-0.25, -0.2) is 0 Å². The van der Waals surface area contributed by atoms with Gasteiger partial charge in [0.1, 0.15) is 0 Å². The summed E-state index contributed by atoms with van der Waals surface area (Å²) in [5.74, 6) is 0.194. The highest BCUT2D eigenvalue weighted by Crippen LogP contribution is 2.28. The van der Waals surface area contributed by atoms with Crippen molar-refractivity contribution < 1.29 is 4.79 Å². The van der Waals surface area contributed by atoms with Gasteiger partial charge in [-0.15, -0.1) is 0 Å². The third-order valence-corrected chi connectivity index (χ3v) is 3.88. The quantitative estimate of drug-likeness (QED) is 0.790. The van der Waals surface area contributed by atoms with Crippen molar-refractivity contribution in [2.24, 2.45) is 0 Å². The Kier molecular flexibility index (Phi) is 3.55. The number of carbonyl (C=O) groups is 1. The van der Waals surface area contributed by atoms with Gasteiger partial charge >= 0.3 is 0 Å². The Labute approximate surface area is 120 Å². The highest BCUT2D eigenvalue weighted by Gasteiger charge is 2.19. The predicted octanol–water partition coefficient (Wildman–Crippen LogP) is 3.63. The molecule has 102 valence electrons. The Balaban J connectivity index is 1.81. The molecule has 0 atom stereocenters.